The van der Waals surface area contributed by atoms with Crippen LogP contribution < -0.4 is 14.4 Å². The predicted molar refractivity (Wildman–Crippen MR) is 137 cm³/mol. The van der Waals surface area contributed by atoms with Gasteiger partial charge in [-0.1, -0.05) is 0 Å². The first-order valence-corrected chi connectivity index (χ1v) is 14.4. The Balaban J connectivity index is 1.65. The molecule has 4 rings (SSSR count). The number of hydrogen-bond donors (Lipinski definition) is 1. The smallest absolute Gasteiger partial charge is 0.264 e. The third-order valence-electron chi connectivity index (χ3n) is 5.95. The molecule has 0 saturated carbocycles. The van der Waals surface area contributed by atoms with Gasteiger partial charge in [-0.3, -0.25) is 9.10 Å². The van der Waals surface area contributed by atoms with Gasteiger partial charge in [0.2, 0.25) is 15.9 Å². The van der Waals surface area contributed by atoms with Gasteiger partial charge >= 0.3 is 0 Å². The second-order valence-corrected chi connectivity index (χ2v) is 12.3. The molecule has 0 unspecified atom stereocenters. The molecular formula is C25H25F2N3O6S2. The number of carbonyl (C=O) groups excluding carboxylic acids is 1. The Hall–Kier alpha value is -3.55. The summed E-state index contributed by atoms with van der Waals surface area (Å²) in [4.78, 5) is 12.8. The molecule has 3 aromatic carbocycles. The average Bonchev–Trinajstić information content (AvgIpc) is 3.44. The Morgan fingerprint density at radius 1 is 0.895 bits per heavy atom. The number of amides is 1. The lowest BCUT2D eigenvalue weighted by Gasteiger charge is -2.24. The van der Waals surface area contributed by atoms with Crippen LogP contribution in [-0.2, 0) is 24.8 Å². The molecule has 1 amide bonds. The summed E-state index contributed by atoms with van der Waals surface area (Å²) in [5, 5.41) is 2.52. The number of benzene rings is 3. The van der Waals surface area contributed by atoms with Gasteiger partial charge in [0.1, 0.15) is 23.9 Å². The molecular weight excluding hydrogens is 540 g/mol. The Kier molecular flexibility index (Phi) is 7.99. The van der Waals surface area contributed by atoms with E-state index in [1.165, 1.54) is 41.7 Å². The fourth-order valence-corrected chi connectivity index (χ4v) is 6.96. The first-order chi connectivity index (χ1) is 18.0. The Labute approximate surface area is 219 Å². The van der Waals surface area contributed by atoms with E-state index in [9.17, 15) is 30.4 Å². The van der Waals surface area contributed by atoms with E-state index in [0.29, 0.717) is 13.1 Å². The van der Waals surface area contributed by atoms with Crippen LogP contribution >= 0.6 is 0 Å². The molecule has 1 fully saturated rings. The predicted octanol–water partition coefficient (Wildman–Crippen LogP) is 3.59. The maximum atomic E-state index is 13.5. The van der Waals surface area contributed by atoms with Gasteiger partial charge in [-0.2, -0.15) is 4.31 Å². The fourth-order valence-electron chi connectivity index (χ4n) is 4.00. The summed E-state index contributed by atoms with van der Waals surface area (Å²) >= 11 is 0. The van der Waals surface area contributed by atoms with Crippen LogP contribution in [0.5, 0.6) is 5.75 Å². The van der Waals surface area contributed by atoms with Crippen LogP contribution in [0.15, 0.2) is 76.5 Å². The third kappa shape index (κ3) is 5.79. The normalized spacial score (nSPS) is 14.3. The van der Waals surface area contributed by atoms with Crippen molar-refractivity contribution in [2.45, 2.75) is 22.6 Å². The monoisotopic (exact) mass is 565 g/mol. The van der Waals surface area contributed by atoms with E-state index < -0.39 is 44.1 Å². The number of halogens is 2. The number of rotatable bonds is 9. The number of sulfonamides is 2. The number of anilines is 2. The molecule has 0 bridgehead atoms. The number of methoxy groups -OCH3 is 1. The summed E-state index contributed by atoms with van der Waals surface area (Å²) in [7, 11) is -6.84. The van der Waals surface area contributed by atoms with Crippen LogP contribution in [0, 0.1) is 11.6 Å². The zero-order chi connectivity index (χ0) is 27.5. The molecule has 9 nitrogen and oxygen atoms in total. The molecule has 38 heavy (non-hydrogen) atoms. The van der Waals surface area contributed by atoms with E-state index in [2.05, 4.69) is 5.32 Å². The van der Waals surface area contributed by atoms with Gasteiger partial charge in [0.25, 0.3) is 10.0 Å². The minimum atomic E-state index is -4.38. The van der Waals surface area contributed by atoms with Crippen LogP contribution in [-0.4, -0.2) is 53.8 Å². The van der Waals surface area contributed by atoms with Crippen LogP contribution in [0.25, 0.3) is 0 Å². The molecule has 1 heterocycles. The first kappa shape index (κ1) is 27.5. The summed E-state index contributed by atoms with van der Waals surface area (Å²) in [5.41, 5.74) is 0.0132. The molecule has 0 spiro atoms. The highest BCUT2D eigenvalue weighted by Crippen LogP contribution is 2.31. The molecule has 0 aromatic heterocycles. The van der Waals surface area contributed by atoms with Crippen LogP contribution in [0.2, 0.25) is 0 Å². The highest BCUT2D eigenvalue weighted by atomic mass is 32.2. The van der Waals surface area contributed by atoms with E-state index in [-0.39, 0.29) is 26.9 Å². The zero-order valence-electron chi connectivity index (χ0n) is 20.3. The lowest BCUT2D eigenvalue weighted by molar-refractivity contribution is -0.114. The highest BCUT2D eigenvalue weighted by Gasteiger charge is 2.30. The second-order valence-electron chi connectivity index (χ2n) is 8.46. The van der Waals surface area contributed by atoms with Crippen LogP contribution in [0.1, 0.15) is 12.8 Å². The summed E-state index contributed by atoms with van der Waals surface area (Å²) < 4.78 is 87.1. The molecule has 1 N–H and O–H groups in total. The summed E-state index contributed by atoms with van der Waals surface area (Å²) in [5.74, 6) is -1.92. The second kappa shape index (κ2) is 11.1. The Morgan fingerprint density at radius 2 is 1.45 bits per heavy atom. The summed E-state index contributed by atoms with van der Waals surface area (Å²) in [6.07, 6.45) is 1.50. The van der Waals surface area contributed by atoms with Crippen molar-refractivity contribution in [3.8, 4) is 5.75 Å². The van der Waals surface area contributed by atoms with Crippen molar-refractivity contribution in [3.63, 3.8) is 0 Å². The molecule has 1 aliphatic heterocycles. The van der Waals surface area contributed by atoms with Crippen molar-refractivity contribution < 1.29 is 35.1 Å². The molecule has 0 radical (unpaired) electrons. The Morgan fingerprint density at radius 3 is 2.03 bits per heavy atom. The summed E-state index contributed by atoms with van der Waals surface area (Å²) in [6, 6.07) is 12.5. The number of hydrogen-bond acceptors (Lipinski definition) is 6. The maximum absolute atomic E-state index is 13.5. The number of nitrogens with zero attached hydrogens (tertiary/aromatic N) is 2. The van der Waals surface area contributed by atoms with Crippen molar-refractivity contribution in [3.05, 3.63) is 78.4 Å². The standard InChI is InChI=1S/C25H25F2N3O6S2/c1-36-24-13-12-22(37(32,33)29-14-2-3-15-29)16-23(24)28-25(31)17-30(20-8-4-18(26)5-9-20)38(34,35)21-10-6-19(27)7-11-21/h4-13,16H,2-3,14-15,17H2,1H3,(H,28,31). The average molecular weight is 566 g/mol. The lowest BCUT2D eigenvalue weighted by atomic mass is 10.3. The molecule has 1 saturated heterocycles. The molecule has 0 aliphatic carbocycles. The van der Waals surface area contributed by atoms with Crippen molar-refractivity contribution in [1.29, 1.82) is 0 Å². The first-order valence-electron chi connectivity index (χ1n) is 11.5. The van der Waals surface area contributed by atoms with Gasteiger partial charge in [-0.25, -0.2) is 25.6 Å². The van der Waals surface area contributed by atoms with Gasteiger partial charge in [-0.15, -0.1) is 0 Å². The fraction of sp³-hybridized carbons (Fsp3) is 0.240. The molecule has 202 valence electrons. The molecule has 13 heteroatoms. The van der Waals surface area contributed by atoms with E-state index in [1.807, 2.05) is 0 Å². The minimum Gasteiger partial charge on any atom is -0.495 e. The quantitative estimate of drug-likeness (QED) is 0.424. The summed E-state index contributed by atoms with van der Waals surface area (Å²) in [6.45, 7) is 0.0332. The van der Waals surface area contributed by atoms with Crippen molar-refractivity contribution in [1.82, 2.24) is 4.31 Å². The molecule has 0 atom stereocenters. The van der Waals surface area contributed by atoms with E-state index in [0.717, 1.165) is 53.5 Å². The van der Waals surface area contributed by atoms with Gasteiger partial charge in [0, 0.05) is 13.1 Å². The SMILES string of the molecule is COc1ccc(S(=O)(=O)N2CCCC2)cc1NC(=O)CN(c1ccc(F)cc1)S(=O)(=O)c1ccc(F)cc1. The van der Waals surface area contributed by atoms with Crippen molar-refractivity contribution in [2.24, 2.45) is 0 Å². The number of ether oxygens (including phenoxy) is 1. The van der Waals surface area contributed by atoms with Crippen molar-refractivity contribution >= 4 is 37.3 Å². The van der Waals surface area contributed by atoms with E-state index >= 15 is 0 Å². The largest absolute Gasteiger partial charge is 0.495 e. The highest BCUT2D eigenvalue weighted by molar-refractivity contribution is 7.92. The van der Waals surface area contributed by atoms with Crippen LogP contribution in [0.4, 0.5) is 20.2 Å². The van der Waals surface area contributed by atoms with Crippen LogP contribution in [0.3, 0.4) is 0 Å². The van der Waals surface area contributed by atoms with E-state index in [4.69, 9.17) is 4.74 Å². The number of carbonyl (C=O) groups is 1. The molecule has 3 aromatic rings. The van der Waals surface area contributed by atoms with Gasteiger partial charge in [0.05, 0.1) is 28.3 Å². The molecule has 1 aliphatic rings. The van der Waals surface area contributed by atoms with Gasteiger partial charge < -0.3 is 10.1 Å². The third-order valence-corrected chi connectivity index (χ3v) is 9.63. The number of nitrogens with one attached hydrogen (secondary N) is 1. The lowest BCUT2D eigenvalue weighted by Crippen LogP contribution is -2.38. The topological polar surface area (TPSA) is 113 Å². The zero-order valence-corrected chi connectivity index (χ0v) is 21.9. The van der Waals surface area contributed by atoms with Gasteiger partial charge in [-0.05, 0) is 79.6 Å². The van der Waals surface area contributed by atoms with Crippen molar-refractivity contribution in [2.75, 3.05) is 36.4 Å². The minimum absolute atomic E-state index is 0.0109. The van der Waals surface area contributed by atoms with E-state index in [1.54, 1.807) is 0 Å². The van der Waals surface area contributed by atoms with Gasteiger partial charge in [0.15, 0.2) is 0 Å². The maximum Gasteiger partial charge on any atom is 0.264 e. The Bertz CT molecular complexity index is 1520.